The van der Waals surface area contributed by atoms with Gasteiger partial charge in [0.2, 0.25) is 0 Å². The molecular weight excluding hydrogens is 290 g/mol. The number of aryl methyl sites for hydroxylation is 1. The van der Waals surface area contributed by atoms with Crippen LogP contribution in [0.5, 0.6) is 5.75 Å². The van der Waals surface area contributed by atoms with Gasteiger partial charge < -0.3 is 9.84 Å². The van der Waals surface area contributed by atoms with Crippen molar-refractivity contribution in [1.82, 2.24) is 4.90 Å². The summed E-state index contributed by atoms with van der Waals surface area (Å²) in [5.74, 6) is 0.0464. The zero-order chi connectivity index (χ0) is 16.1. The molecule has 0 aromatic heterocycles. The average molecular weight is 313 g/mol. The second-order valence-corrected chi connectivity index (χ2v) is 6.05. The molecule has 4 heteroatoms. The Bertz CT molecular complexity index is 677. The lowest BCUT2D eigenvalue weighted by atomic mass is 10.00. The third kappa shape index (κ3) is 4.02. The fourth-order valence-corrected chi connectivity index (χ4v) is 3.23. The maximum Gasteiger partial charge on any atom is 0.303 e. The highest BCUT2D eigenvalue weighted by Crippen LogP contribution is 2.29. The van der Waals surface area contributed by atoms with Gasteiger partial charge in [-0.1, -0.05) is 30.3 Å². The number of benzene rings is 2. The third-order valence-corrected chi connectivity index (χ3v) is 4.45. The number of likely N-dealkylation sites (tertiary alicyclic amines) is 1. The lowest BCUT2D eigenvalue weighted by molar-refractivity contribution is -0.136. The molecule has 3 rings (SSSR count). The van der Waals surface area contributed by atoms with Crippen LogP contribution in [0, 0.1) is 0 Å². The van der Waals surface area contributed by atoms with Gasteiger partial charge in [-0.15, -0.1) is 0 Å². The Labute approximate surface area is 136 Å². The van der Waals surface area contributed by atoms with Gasteiger partial charge in [-0.2, -0.15) is 0 Å². The monoisotopic (exact) mass is 313 g/mol. The van der Waals surface area contributed by atoms with Crippen LogP contribution in [0.3, 0.4) is 0 Å². The molecule has 0 radical (unpaired) electrons. The Morgan fingerprint density at radius 3 is 2.70 bits per heavy atom. The van der Waals surface area contributed by atoms with Crippen molar-refractivity contribution in [2.75, 3.05) is 26.2 Å². The van der Waals surface area contributed by atoms with Crippen molar-refractivity contribution >= 4 is 16.7 Å². The van der Waals surface area contributed by atoms with E-state index in [0.29, 0.717) is 13.0 Å². The Hall–Kier alpha value is -2.07. The van der Waals surface area contributed by atoms with Crippen LogP contribution in [0.4, 0.5) is 0 Å². The quantitative estimate of drug-likeness (QED) is 0.852. The van der Waals surface area contributed by atoms with Gasteiger partial charge in [0, 0.05) is 18.5 Å². The van der Waals surface area contributed by atoms with Gasteiger partial charge in [-0.3, -0.25) is 9.69 Å². The highest BCUT2D eigenvalue weighted by atomic mass is 16.5. The normalized spacial score (nSPS) is 15.1. The van der Waals surface area contributed by atoms with Crippen LogP contribution in [-0.2, 0) is 11.2 Å². The Morgan fingerprint density at radius 2 is 1.91 bits per heavy atom. The summed E-state index contributed by atoms with van der Waals surface area (Å²) < 4.78 is 6.00. The van der Waals surface area contributed by atoms with Crippen molar-refractivity contribution in [3.8, 4) is 5.75 Å². The van der Waals surface area contributed by atoms with Crippen LogP contribution < -0.4 is 4.74 Å². The Balaban J connectivity index is 1.76. The number of aliphatic carboxylic acids is 1. The summed E-state index contributed by atoms with van der Waals surface area (Å²) in [4.78, 5) is 13.4. The largest absolute Gasteiger partial charge is 0.492 e. The van der Waals surface area contributed by atoms with Crippen molar-refractivity contribution in [1.29, 1.82) is 0 Å². The highest BCUT2D eigenvalue weighted by molar-refractivity contribution is 5.88. The Morgan fingerprint density at radius 1 is 1.13 bits per heavy atom. The number of carboxylic acids is 1. The van der Waals surface area contributed by atoms with Crippen LogP contribution in [-0.4, -0.2) is 42.2 Å². The first kappa shape index (κ1) is 15.8. The molecule has 0 aliphatic carbocycles. The summed E-state index contributed by atoms with van der Waals surface area (Å²) in [7, 11) is 0. The maximum atomic E-state index is 11.0. The number of rotatable bonds is 7. The van der Waals surface area contributed by atoms with Crippen molar-refractivity contribution < 1.29 is 14.6 Å². The molecule has 0 amide bonds. The molecule has 2 aromatic rings. The van der Waals surface area contributed by atoms with Gasteiger partial charge in [0.25, 0.3) is 0 Å². The summed E-state index contributed by atoms with van der Waals surface area (Å²) >= 11 is 0. The molecule has 2 aromatic carbocycles. The second-order valence-electron chi connectivity index (χ2n) is 6.05. The summed E-state index contributed by atoms with van der Waals surface area (Å²) in [5, 5.41) is 11.2. The topological polar surface area (TPSA) is 49.8 Å². The molecule has 1 heterocycles. The van der Waals surface area contributed by atoms with Gasteiger partial charge in [-0.05, 0) is 49.2 Å². The number of carbonyl (C=O) groups is 1. The molecule has 122 valence electrons. The van der Waals surface area contributed by atoms with E-state index in [2.05, 4.69) is 4.90 Å². The van der Waals surface area contributed by atoms with E-state index in [0.717, 1.165) is 41.7 Å². The molecule has 23 heavy (non-hydrogen) atoms. The van der Waals surface area contributed by atoms with E-state index >= 15 is 0 Å². The lowest BCUT2D eigenvalue weighted by Gasteiger charge is -2.17. The summed E-state index contributed by atoms with van der Waals surface area (Å²) in [5.41, 5.74) is 1.01. The number of nitrogens with zero attached hydrogens (tertiary/aromatic N) is 1. The first-order valence-corrected chi connectivity index (χ1v) is 8.31. The summed E-state index contributed by atoms with van der Waals surface area (Å²) in [6.45, 7) is 3.91. The van der Waals surface area contributed by atoms with E-state index in [4.69, 9.17) is 9.84 Å². The van der Waals surface area contributed by atoms with Crippen LogP contribution in [0.2, 0.25) is 0 Å². The SMILES string of the molecule is O=C(O)CCc1c(OCCN2CCCC2)ccc2ccccc12. The van der Waals surface area contributed by atoms with E-state index in [1.807, 2.05) is 36.4 Å². The molecule has 4 nitrogen and oxygen atoms in total. The minimum Gasteiger partial charge on any atom is -0.492 e. The second kappa shape index (κ2) is 7.47. The average Bonchev–Trinajstić information content (AvgIpc) is 3.06. The molecule has 0 spiro atoms. The fraction of sp³-hybridized carbons (Fsp3) is 0.421. The molecule has 1 saturated heterocycles. The molecule has 0 saturated carbocycles. The zero-order valence-corrected chi connectivity index (χ0v) is 13.3. The molecule has 1 fully saturated rings. The van der Waals surface area contributed by atoms with Crippen LogP contribution in [0.15, 0.2) is 36.4 Å². The number of fused-ring (bicyclic) bond motifs is 1. The van der Waals surface area contributed by atoms with Gasteiger partial charge in [-0.25, -0.2) is 0 Å². The van der Waals surface area contributed by atoms with E-state index in [9.17, 15) is 4.79 Å². The molecule has 1 N–H and O–H groups in total. The van der Waals surface area contributed by atoms with Gasteiger partial charge in [0.05, 0.1) is 0 Å². The third-order valence-electron chi connectivity index (χ3n) is 4.45. The van der Waals surface area contributed by atoms with Crippen LogP contribution in [0.1, 0.15) is 24.8 Å². The first-order chi connectivity index (χ1) is 11.2. The van der Waals surface area contributed by atoms with E-state index < -0.39 is 5.97 Å². The number of carboxylic acid groups (broad SMARTS) is 1. The molecule has 0 unspecified atom stereocenters. The highest BCUT2D eigenvalue weighted by Gasteiger charge is 2.13. The molecule has 1 aliphatic heterocycles. The first-order valence-electron chi connectivity index (χ1n) is 8.31. The van der Waals surface area contributed by atoms with Gasteiger partial charge in [0.1, 0.15) is 12.4 Å². The van der Waals surface area contributed by atoms with Crippen molar-refractivity contribution in [3.05, 3.63) is 42.0 Å². The number of hydrogen-bond donors (Lipinski definition) is 1. The molecule has 0 bridgehead atoms. The molecule has 0 atom stereocenters. The van der Waals surface area contributed by atoms with Crippen LogP contribution in [0.25, 0.3) is 10.8 Å². The lowest BCUT2D eigenvalue weighted by Crippen LogP contribution is -2.25. The van der Waals surface area contributed by atoms with Crippen molar-refractivity contribution in [2.24, 2.45) is 0 Å². The standard InChI is InChI=1S/C19H23NO3/c21-19(22)10-8-17-16-6-2-1-5-15(16)7-9-18(17)23-14-13-20-11-3-4-12-20/h1-2,5-7,9H,3-4,8,10-14H2,(H,21,22). The maximum absolute atomic E-state index is 11.0. The predicted octanol–water partition coefficient (Wildman–Crippen LogP) is 3.33. The van der Waals surface area contributed by atoms with E-state index in [-0.39, 0.29) is 6.42 Å². The van der Waals surface area contributed by atoms with Crippen LogP contribution >= 0.6 is 0 Å². The molecule has 1 aliphatic rings. The van der Waals surface area contributed by atoms with E-state index in [1.165, 1.54) is 12.8 Å². The predicted molar refractivity (Wildman–Crippen MR) is 91.1 cm³/mol. The van der Waals surface area contributed by atoms with E-state index in [1.54, 1.807) is 0 Å². The summed E-state index contributed by atoms with van der Waals surface area (Å²) in [6, 6.07) is 12.1. The minimum absolute atomic E-state index is 0.122. The van der Waals surface area contributed by atoms with Crippen molar-refractivity contribution in [2.45, 2.75) is 25.7 Å². The minimum atomic E-state index is -0.777. The van der Waals surface area contributed by atoms with Gasteiger partial charge >= 0.3 is 5.97 Å². The van der Waals surface area contributed by atoms with Crippen molar-refractivity contribution in [3.63, 3.8) is 0 Å². The van der Waals surface area contributed by atoms with Gasteiger partial charge in [0.15, 0.2) is 0 Å². The molecular formula is C19H23NO3. The smallest absolute Gasteiger partial charge is 0.303 e. The fourth-order valence-electron chi connectivity index (χ4n) is 3.23. The summed E-state index contributed by atoms with van der Waals surface area (Å²) in [6.07, 6.45) is 3.17. The zero-order valence-electron chi connectivity index (χ0n) is 13.3. The number of hydrogen-bond acceptors (Lipinski definition) is 3. The Kier molecular flexibility index (Phi) is 5.13. The number of ether oxygens (including phenoxy) is 1.